The van der Waals surface area contributed by atoms with E-state index in [0.717, 1.165) is 5.56 Å². The standard InChI is InChI=1S/C11H12ClF2NO.ClH/c1-11(10(13)14)5-8(15)7-3-2-6(12)4-9(7)16-11;/h2-4,8,10H,5,15H2,1H3;1H/t8-,11-;/m1./s1. The van der Waals surface area contributed by atoms with Crippen molar-refractivity contribution in [1.82, 2.24) is 0 Å². The third-order valence-electron chi connectivity index (χ3n) is 2.81. The molecular weight excluding hydrogens is 271 g/mol. The predicted octanol–water partition coefficient (Wildman–Crippen LogP) is 3.57. The number of hydrogen-bond donors (Lipinski definition) is 1. The fourth-order valence-corrected chi connectivity index (χ4v) is 2.04. The van der Waals surface area contributed by atoms with Gasteiger partial charge in [0.05, 0.1) is 0 Å². The van der Waals surface area contributed by atoms with Crippen molar-refractivity contribution in [2.24, 2.45) is 5.73 Å². The van der Waals surface area contributed by atoms with Crippen LogP contribution in [0.15, 0.2) is 18.2 Å². The summed E-state index contributed by atoms with van der Waals surface area (Å²) in [7, 11) is 0. The highest BCUT2D eigenvalue weighted by Gasteiger charge is 2.43. The molecular formula is C11H13Cl2F2NO. The molecule has 2 rings (SSSR count). The van der Waals surface area contributed by atoms with Crippen LogP contribution in [0.4, 0.5) is 8.78 Å². The molecule has 1 aromatic rings. The number of nitrogens with two attached hydrogens (primary N) is 1. The molecule has 0 fully saturated rings. The molecule has 0 spiro atoms. The normalized spacial score (nSPS) is 27.1. The fourth-order valence-electron chi connectivity index (χ4n) is 1.88. The van der Waals surface area contributed by atoms with E-state index in [1.54, 1.807) is 12.1 Å². The van der Waals surface area contributed by atoms with Gasteiger partial charge in [0.15, 0.2) is 5.60 Å². The lowest BCUT2D eigenvalue weighted by atomic mass is 9.89. The Labute approximate surface area is 109 Å². The summed E-state index contributed by atoms with van der Waals surface area (Å²) in [6.45, 7) is 1.36. The van der Waals surface area contributed by atoms with Crippen LogP contribution in [0.25, 0.3) is 0 Å². The molecule has 0 bridgehead atoms. The minimum absolute atomic E-state index is 0. The first-order chi connectivity index (χ1) is 7.42. The highest BCUT2D eigenvalue weighted by Crippen LogP contribution is 2.41. The Kier molecular flexibility index (Phi) is 4.23. The van der Waals surface area contributed by atoms with Gasteiger partial charge in [-0.1, -0.05) is 17.7 Å². The lowest BCUT2D eigenvalue weighted by Gasteiger charge is -2.38. The number of ether oxygens (including phenoxy) is 1. The maximum Gasteiger partial charge on any atom is 0.277 e. The van der Waals surface area contributed by atoms with E-state index < -0.39 is 18.1 Å². The molecule has 0 saturated carbocycles. The van der Waals surface area contributed by atoms with Gasteiger partial charge < -0.3 is 10.5 Å². The summed E-state index contributed by atoms with van der Waals surface area (Å²) in [6, 6.07) is 4.47. The SMILES string of the molecule is C[C@]1(C(F)F)C[C@@H](N)c2ccc(Cl)cc2O1.Cl. The first-order valence-electron chi connectivity index (χ1n) is 4.94. The molecule has 2 nitrogen and oxygen atoms in total. The monoisotopic (exact) mass is 283 g/mol. The fraction of sp³-hybridized carbons (Fsp3) is 0.455. The van der Waals surface area contributed by atoms with Crippen LogP contribution in [0, 0.1) is 0 Å². The minimum atomic E-state index is -2.58. The van der Waals surface area contributed by atoms with Gasteiger partial charge in [-0.05, 0) is 19.1 Å². The molecule has 1 aromatic carbocycles. The number of benzene rings is 1. The predicted molar refractivity (Wildman–Crippen MR) is 65.3 cm³/mol. The van der Waals surface area contributed by atoms with E-state index in [1.165, 1.54) is 13.0 Å². The molecule has 0 amide bonds. The van der Waals surface area contributed by atoms with Crippen molar-refractivity contribution in [3.05, 3.63) is 28.8 Å². The highest BCUT2D eigenvalue weighted by atomic mass is 35.5. The first kappa shape index (κ1) is 14.5. The van der Waals surface area contributed by atoms with Crippen molar-refractivity contribution in [2.75, 3.05) is 0 Å². The quantitative estimate of drug-likeness (QED) is 0.855. The van der Waals surface area contributed by atoms with E-state index in [2.05, 4.69) is 0 Å². The summed E-state index contributed by atoms with van der Waals surface area (Å²) in [4.78, 5) is 0. The van der Waals surface area contributed by atoms with Crippen LogP contribution in [0.5, 0.6) is 5.75 Å². The molecule has 0 radical (unpaired) electrons. The van der Waals surface area contributed by atoms with Crippen molar-refractivity contribution in [3.63, 3.8) is 0 Å². The van der Waals surface area contributed by atoms with Crippen molar-refractivity contribution in [3.8, 4) is 5.75 Å². The second-order valence-corrected chi connectivity index (χ2v) is 4.64. The minimum Gasteiger partial charge on any atom is -0.481 e. The molecule has 6 heteroatoms. The van der Waals surface area contributed by atoms with Gasteiger partial charge >= 0.3 is 0 Å². The maximum atomic E-state index is 12.9. The van der Waals surface area contributed by atoms with E-state index in [9.17, 15) is 8.78 Å². The molecule has 1 heterocycles. The second-order valence-electron chi connectivity index (χ2n) is 4.21. The average Bonchev–Trinajstić information content (AvgIpc) is 2.16. The van der Waals surface area contributed by atoms with Crippen molar-refractivity contribution in [1.29, 1.82) is 0 Å². The van der Waals surface area contributed by atoms with Gasteiger partial charge in [0.1, 0.15) is 5.75 Å². The Hall–Kier alpha value is -0.580. The molecule has 0 aromatic heterocycles. The zero-order valence-electron chi connectivity index (χ0n) is 9.12. The van der Waals surface area contributed by atoms with Crippen LogP contribution in [0.2, 0.25) is 5.02 Å². The maximum absolute atomic E-state index is 12.9. The number of fused-ring (bicyclic) bond motifs is 1. The van der Waals surface area contributed by atoms with Crippen LogP contribution >= 0.6 is 24.0 Å². The van der Waals surface area contributed by atoms with E-state index in [4.69, 9.17) is 22.1 Å². The number of rotatable bonds is 1. The van der Waals surface area contributed by atoms with Gasteiger partial charge in [0, 0.05) is 23.0 Å². The zero-order valence-corrected chi connectivity index (χ0v) is 10.7. The lowest BCUT2D eigenvalue weighted by molar-refractivity contribution is -0.0808. The van der Waals surface area contributed by atoms with Crippen LogP contribution in [0.3, 0.4) is 0 Å². The van der Waals surface area contributed by atoms with Crippen LogP contribution in [-0.4, -0.2) is 12.0 Å². The summed E-state index contributed by atoms with van der Waals surface area (Å²) in [5.74, 6) is 0.356. The third kappa shape index (κ3) is 2.64. The van der Waals surface area contributed by atoms with Gasteiger partial charge in [-0.3, -0.25) is 0 Å². The first-order valence-corrected chi connectivity index (χ1v) is 5.32. The van der Waals surface area contributed by atoms with Gasteiger partial charge in [-0.2, -0.15) is 0 Å². The summed E-state index contributed by atoms with van der Waals surface area (Å²) in [5, 5.41) is 0.449. The molecule has 17 heavy (non-hydrogen) atoms. The van der Waals surface area contributed by atoms with E-state index in [-0.39, 0.29) is 18.8 Å². The molecule has 0 aliphatic carbocycles. The summed E-state index contributed by atoms with van der Waals surface area (Å²) >= 11 is 5.79. The number of halogens is 4. The van der Waals surface area contributed by atoms with Crippen molar-refractivity contribution < 1.29 is 13.5 Å². The smallest absolute Gasteiger partial charge is 0.277 e. The van der Waals surface area contributed by atoms with Gasteiger partial charge in [0.2, 0.25) is 0 Å². The van der Waals surface area contributed by atoms with E-state index in [0.29, 0.717) is 10.8 Å². The van der Waals surface area contributed by atoms with Crippen molar-refractivity contribution >= 4 is 24.0 Å². The Morgan fingerprint density at radius 1 is 1.53 bits per heavy atom. The number of alkyl halides is 2. The largest absolute Gasteiger partial charge is 0.481 e. The Bertz CT molecular complexity index is 416. The van der Waals surface area contributed by atoms with Crippen LogP contribution < -0.4 is 10.5 Å². The van der Waals surface area contributed by atoms with E-state index in [1.807, 2.05) is 0 Å². The Morgan fingerprint density at radius 2 is 2.18 bits per heavy atom. The summed E-state index contributed by atoms with van der Waals surface area (Å²) in [6.07, 6.45) is -2.48. The molecule has 1 aliphatic rings. The lowest BCUT2D eigenvalue weighted by Crippen LogP contribution is -2.46. The molecule has 0 unspecified atom stereocenters. The Balaban J connectivity index is 0.00000144. The van der Waals surface area contributed by atoms with Gasteiger partial charge in [-0.15, -0.1) is 12.4 Å². The van der Waals surface area contributed by atoms with Gasteiger partial charge in [-0.25, -0.2) is 8.78 Å². The molecule has 2 atom stereocenters. The van der Waals surface area contributed by atoms with Crippen LogP contribution in [-0.2, 0) is 0 Å². The third-order valence-corrected chi connectivity index (χ3v) is 3.04. The Morgan fingerprint density at radius 3 is 2.76 bits per heavy atom. The summed E-state index contributed by atoms with van der Waals surface area (Å²) < 4.78 is 31.0. The van der Waals surface area contributed by atoms with Gasteiger partial charge in [0.25, 0.3) is 6.43 Å². The molecule has 0 saturated heterocycles. The topological polar surface area (TPSA) is 35.2 Å². The average molecular weight is 284 g/mol. The molecule has 2 N–H and O–H groups in total. The second kappa shape index (κ2) is 4.96. The zero-order chi connectivity index (χ0) is 11.9. The highest BCUT2D eigenvalue weighted by molar-refractivity contribution is 6.30. The molecule has 1 aliphatic heterocycles. The van der Waals surface area contributed by atoms with Crippen LogP contribution in [0.1, 0.15) is 24.9 Å². The number of hydrogen-bond acceptors (Lipinski definition) is 2. The van der Waals surface area contributed by atoms with Crippen molar-refractivity contribution in [2.45, 2.75) is 31.4 Å². The van der Waals surface area contributed by atoms with E-state index >= 15 is 0 Å². The molecule has 96 valence electrons. The summed E-state index contributed by atoms with van der Waals surface area (Å²) in [5.41, 5.74) is 5.05.